The lowest BCUT2D eigenvalue weighted by Crippen LogP contribution is -2.51. The fourth-order valence-electron chi connectivity index (χ4n) is 2.28. The van der Waals surface area contributed by atoms with Gasteiger partial charge in [0.2, 0.25) is 5.91 Å². The van der Waals surface area contributed by atoms with Gasteiger partial charge in [-0.1, -0.05) is 20.3 Å². The zero-order valence-electron chi connectivity index (χ0n) is 11.4. The van der Waals surface area contributed by atoms with Gasteiger partial charge >= 0.3 is 5.97 Å². The van der Waals surface area contributed by atoms with Gasteiger partial charge in [-0.15, -0.1) is 0 Å². The van der Waals surface area contributed by atoms with Crippen LogP contribution < -0.4 is 5.32 Å². The summed E-state index contributed by atoms with van der Waals surface area (Å²) < 4.78 is 0. The Hall–Kier alpha value is -1.10. The molecule has 1 saturated carbocycles. The lowest BCUT2D eigenvalue weighted by Gasteiger charge is -2.35. The second kappa shape index (κ2) is 6.73. The number of nitrogens with zero attached hydrogens (tertiary/aromatic N) is 1. The fraction of sp³-hybridized carbons (Fsp3) is 0.846. The number of rotatable bonds is 8. The van der Waals surface area contributed by atoms with E-state index in [-0.39, 0.29) is 5.91 Å². The highest BCUT2D eigenvalue weighted by atomic mass is 16.4. The van der Waals surface area contributed by atoms with E-state index in [1.54, 1.807) is 0 Å². The molecule has 0 aliphatic heterocycles. The first-order valence-electron chi connectivity index (χ1n) is 6.81. The van der Waals surface area contributed by atoms with Gasteiger partial charge in [0, 0.05) is 6.54 Å². The predicted molar refractivity (Wildman–Crippen MR) is 69.3 cm³/mol. The maximum Gasteiger partial charge on any atom is 0.319 e. The van der Waals surface area contributed by atoms with Crippen molar-refractivity contribution in [1.82, 2.24) is 10.2 Å². The Morgan fingerprint density at radius 1 is 1.28 bits per heavy atom. The van der Waals surface area contributed by atoms with Crippen molar-refractivity contribution in [3.63, 3.8) is 0 Å². The number of carbonyl (C=O) groups excluding carboxylic acids is 1. The Labute approximate surface area is 109 Å². The van der Waals surface area contributed by atoms with E-state index in [2.05, 4.69) is 24.1 Å². The Morgan fingerprint density at radius 2 is 1.89 bits per heavy atom. The van der Waals surface area contributed by atoms with Crippen LogP contribution in [-0.2, 0) is 9.59 Å². The first kappa shape index (κ1) is 15.0. The molecule has 1 fully saturated rings. The third-order valence-electron chi connectivity index (χ3n) is 3.88. The molecule has 18 heavy (non-hydrogen) atoms. The van der Waals surface area contributed by atoms with Crippen LogP contribution in [0.1, 0.15) is 39.5 Å². The molecule has 5 nitrogen and oxygen atoms in total. The molecule has 0 aromatic carbocycles. The fourth-order valence-corrected chi connectivity index (χ4v) is 2.28. The molecular formula is C13H24N2O3. The van der Waals surface area contributed by atoms with Gasteiger partial charge in [0.05, 0.1) is 0 Å². The first-order valence-corrected chi connectivity index (χ1v) is 6.81. The summed E-state index contributed by atoms with van der Waals surface area (Å²) in [5, 5.41) is 11.9. The largest absolute Gasteiger partial charge is 0.480 e. The van der Waals surface area contributed by atoms with Crippen molar-refractivity contribution in [2.45, 2.75) is 39.5 Å². The maximum atomic E-state index is 11.9. The van der Waals surface area contributed by atoms with Crippen LogP contribution in [0.4, 0.5) is 0 Å². The van der Waals surface area contributed by atoms with E-state index in [1.165, 1.54) is 0 Å². The van der Waals surface area contributed by atoms with E-state index < -0.39 is 11.4 Å². The summed E-state index contributed by atoms with van der Waals surface area (Å²) in [6.45, 7) is 7.72. The molecule has 0 unspecified atom stereocenters. The lowest BCUT2D eigenvalue weighted by atomic mass is 9.68. The molecule has 0 spiro atoms. The number of carbonyl (C=O) groups is 2. The van der Waals surface area contributed by atoms with Gasteiger partial charge in [0.25, 0.3) is 0 Å². The number of hydrogen-bond acceptors (Lipinski definition) is 3. The molecule has 1 aliphatic rings. The molecule has 2 N–H and O–H groups in total. The van der Waals surface area contributed by atoms with Gasteiger partial charge in [-0.05, 0) is 38.9 Å². The molecule has 0 heterocycles. The number of carboxylic acid groups (broad SMARTS) is 1. The van der Waals surface area contributed by atoms with E-state index in [0.717, 1.165) is 32.5 Å². The number of nitrogens with one attached hydrogen (secondary N) is 1. The van der Waals surface area contributed by atoms with Gasteiger partial charge in [-0.2, -0.15) is 0 Å². The van der Waals surface area contributed by atoms with E-state index in [1.807, 2.05) is 0 Å². The van der Waals surface area contributed by atoms with Crippen LogP contribution in [0.15, 0.2) is 0 Å². The van der Waals surface area contributed by atoms with Crippen molar-refractivity contribution < 1.29 is 14.7 Å². The maximum absolute atomic E-state index is 11.9. The summed E-state index contributed by atoms with van der Waals surface area (Å²) in [7, 11) is 0. The molecule has 0 radical (unpaired) electrons. The molecular weight excluding hydrogens is 232 g/mol. The molecule has 1 amide bonds. The van der Waals surface area contributed by atoms with Crippen LogP contribution in [0.3, 0.4) is 0 Å². The van der Waals surface area contributed by atoms with Crippen LogP contribution in [0.2, 0.25) is 0 Å². The Bertz CT molecular complexity index is 297. The van der Waals surface area contributed by atoms with Gasteiger partial charge in [-0.25, -0.2) is 0 Å². The predicted octanol–water partition coefficient (Wildman–Crippen LogP) is 1.09. The molecule has 0 aromatic rings. The smallest absolute Gasteiger partial charge is 0.319 e. The van der Waals surface area contributed by atoms with Gasteiger partial charge in [-0.3, -0.25) is 9.59 Å². The highest BCUT2D eigenvalue weighted by Gasteiger charge is 2.50. The zero-order valence-corrected chi connectivity index (χ0v) is 11.4. The molecule has 1 aliphatic carbocycles. The lowest BCUT2D eigenvalue weighted by molar-refractivity contribution is -0.162. The number of aliphatic carboxylic acids is 1. The standard InChI is InChI=1S/C13H24N2O3/c1-3-15(4-2)10-6-9-14-11(16)13(12(17)18)7-5-8-13/h3-10H2,1-2H3,(H,14,16)(H,17,18). The average molecular weight is 256 g/mol. The number of amides is 1. The van der Waals surface area contributed by atoms with Crippen LogP contribution >= 0.6 is 0 Å². The molecule has 0 bridgehead atoms. The van der Waals surface area contributed by atoms with Crippen LogP contribution in [0, 0.1) is 5.41 Å². The first-order chi connectivity index (χ1) is 8.56. The van der Waals surface area contributed by atoms with Crippen molar-refractivity contribution in [1.29, 1.82) is 0 Å². The topological polar surface area (TPSA) is 69.6 Å². The highest BCUT2D eigenvalue weighted by molar-refractivity contribution is 6.02. The van der Waals surface area contributed by atoms with Crippen LogP contribution in [0.25, 0.3) is 0 Å². The third-order valence-corrected chi connectivity index (χ3v) is 3.88. The molecule has 5 heteroatoms. The summed E-state index contributed by atoms with van der Waals surface area (Å²) in [5.41, 5.74) is -1.13. The quantitative estimate of drug-likeness (QED) is 0.504. The minimum Gasteiger partial charge on any atom is -0.480 e. The molecule has 1 rings (SSSR count). The van der Waals surface area contributed by atoms with Crippen molar-refractivity contribution >= 4 is 11.9 Å². The van der Waals surface area contributed by atoms with Gasteiger partial charge < -0.3 is 15.3 Å². The molecule has 0 atom stereocenters. The summed E-state index contributed by atoms with van der Waals surface area (Å²) in [6, 6.07) is 0. The van der Waals surface area contributed by atoms with Gasteiger partial charge in [0.1, 0.15) is 5.41 Å². The summed E-state index contributed by atoms with van der Waals surface area (Å²) in [4.78, 5) is 25.3. The monoisotopic (exact) mass is 256 g/mol. The Morgan fingerprint density at radius 3 is 2.28 bits per heavy atom. The average Bonchev–Trinajstić information content (AvgIpc) is 2.27. The number of carboxylic acids is 1. The number of hydrogen-bond donors (Lipinski definition) is 2. The van der Waals surface area contributed by atoms with E-state index in [0.29, 0.717) is 19.4 Å². The van der Waals surface area contributed by atoms with E-state index in [9.17, 15) is 9.59 Å². The minimum absolute atomic E-state index is 0.305. The highest BCUT2D eigenvalue weighted by Crippen LogP contribution is 2.41. The molecule has 0 saturated heterocycles. The molecule has 104 valence electrons. The third kappa shape index (κ3) is 3.22. The van der Waals surface area contributed by atoms with E-state index in [4.69, 9.17) is 5.11 Å². The second-order valence-corrected chi connectivity index (χ2v) is 4.88. The van der Waals surface area contributed by atoms with Crippen molar-refractivity contribution in [3.05, 3.63) is 0 Å². The van der Waals surface area contributed by atoms with Crippen LogP contribution in [0.5, 0.6) is 0 Å². The van der Waals surface area contributed by atoms with Crippen molar-refractivity contribution in [2.75, 3.05) is 26.2 Å². The van der Waals surface area contributed by atoms with Crippen LogP contribution in [-0.4, -0.2) is 48.1 Å². The summed E-state index contributed by atoms with van der Waals surface area (Å²) in [5.74, 6) is -1.28. The van der Waals surface area contributed by atoms with E-state index >= 15 is 0 Å². The normalized spacial score (nSPS) is 17.3. The van der Waals surface area contributed by atoms with Gasteiger partial charge in [0.15, 0.2) is 0 Å². The zero-order chi connectivity index (χ0) is 13.6. The van der Waals surface area contributed by atoms with Crippen molar-refractivity contribution in [2.24, 2.45) is 5.41 Å². The second-order valence-electron chi connectivity index (χ2n) is 4.88. The Kier molecular flexibility index (Phi) is 5.59. The summed E-state index contributed by atoms with van der Waals surface area (Å²) in [6.07, 6.45) is 2.65. The Balaban J connectivity index is 2.27. The molecule has 0 aromatic heterocycles. The SMILES string of the molecule is CCN(CC)CCCNC(=O)C1(C(=O)O)CCC1. The minimum atomic E-state index is -1.13. The van der Waals surface area contributed by atoms with Crippen molar-refractivity contribution in [3.8, 4) is 0 Å². The summed E-state index contributed by atoms with van der Waals surface area (Å²) >= 11 is 0.